The van der Waals surface area contributed by atoms with Crippen LogP contribution in [-0.2, 0) is 16.0 Å². The molecule has 0 radical (unpaired) electrons. The molecule has 0 aliphatic rings. The van der Waals surface area contributed by atoms with Crippen molar-refractivity contribution in [3.63, 3.8) is 0 Å². The zero-order chi connectivity index (χ0) is 21.6. The lowest BCUT2D eigenvalue weighted by Gasteiger charge is -2.16. The van der Waals surface area contributed by atoms with E-state index >= 15 is 0 Å². The Kier molecular flexibility index (Phi) is 5.94. The van der Waals surface area contributed by atoms with Crippen molar-refractivity contribution >= 4 is 22.7 Å². The minimum atomic E-state index is -1.32. The van der Waals surface area contributed by atoms with Gasteiger partial charge in [0.05, 0.1) is 0 Å². The summed E-state index contributed by atoms with van der Waals surface area (Å²) in [5.74, 6) is -1.09. The highest BCUT2D eigenvalue weighted by Gasteiger charge is 2.25. The van der Waals surface area contributed by atoms with Crippen LogP contribution in [0.15, 0.2) is 97.1 Å². The summed E-state index contributed by atoms with van der Waals surface area (Å²) in [4.78, 5) is 24.6. The molecule has 5 nitrogen and oxygen atoms in total. The smallest absolute Gasteiger partial charge is 0.345 e. The molecule has 0 unspecified atom stereocenters. The number of fused-ring (bicyclic) bond motifs is 1. The van der Waals surface area contributed by atoms with Crippen LogP contribution < -0.4 is 4.74 Å². The molecular weight excluding hydrogens is 392 g/mol. The average molecular weight is 412 g/mol. The lowest BCUT2D eigenvalue weighted by atomic mass is 10.0. The molecule has 31 heavy (non-hydrogen) atoms. The number of carbonyl (C=O) groups excluding carboxylic acids is 1. The van der Waals surface area contributed by atoms with Gasteiger partial charge >= 0.3 is 11.9 Å². The number of benzene rings is 4. The van der Waals surface area contributed by atoms with Crippen molar-refractivity contribution in [2.24, 2.45) is 0 Å². The van der Waals surface area contributed by atoms with Crippen LogP contribution in [0.2, 0.25) is 0 Å². The Balaban J connectivity index is 1.53. The van der Waals surface area contributed by atoms with Crippen molar-refractivity contribution in [3.8, 4) is 11.5 Å². The molecule has 4 aromatic carbocycles. The van der Waals surface area contributed by atoms with Gasteiger partial charge in [-0.1, -0.05) is 72.8 Å². The lowest BCUT2D eigenvalue weighted by molar-refractivity contribution is -0.147. The highest BCUT2D eigenvalue weighted by Crippen LogP contribution is 2.26. The highest BCUT2D eigenvalue weighted by atomic mass is 16.6. The molecule has 1 N–H and O–H groups in total. The van der Waals surface area contributed by atoms with Crippen molar-refractivity contribution in [2.45, 2.75) is 12.5 Å². The molecule has 0 aromatic heterocycles. The van der Waals surface area contributed by atoms with E-state index in [1.54, 1.807) is 36.4 Å². The van der Waals surface area contributed by atoms with Crippen molar-refractivity contribution in [2.75, 3.05) is 0 Å². The number of carboxylic acid groups (broad SMARTS) is 1. The van der Waals surface area contributed by atoms with Crippen LogP contribution in [0.1, 0.15) is 15.9 Å². The Morgan fingerprint density at radius 1 is 0.774 bits per heavy atom. The summed E-state index contributed by atoms with van der Waals surface area (Å²) in [7, 11) is 0. The molecule has 1 atom stereocenters. The largest absolute Gasteiger partial charge is 0.478 e. The van der Waals surface area contributed by atoms with Gasteiger partial charge in [0.25, 0.3) is 0 Å². The molecular formula is C26H20O5. The van der Waals surface area contributed by atoms with Crippen LogP contribution in [0.25, 0.3) is 10.8 Å². The standard InChI is InChI=1S/C26H20O5/c27-25(28)24(17-18-14-15-19-8-4-5-9-20(19)16-18)31-26(29)22-12-6-7-13-23(22)30-21-10-2-1-3-11-21/h1-16,24H,17H2,(H,27,28)/t24-/m1/s1. The maximum Gasteiger partial charge on any atom is 0.345 e. The van der Waals surface area contributed by atoms with Crippen molar-refractivity contribution in [1.82, 2.24) is 0 Å². The van der Waals surface area contributed by atoms with E-state index in [-0.39, 0.29) is 12.0 Å². The number of aliphatic carboxylic acids is 1. The van der Waals surface area contributed by atoms with E-state index in [9.17, 15) is 14.7 Å². The Hall–Kier alpha value is -4.12. The Labute approximate surface area is 179 Å². The van der Waals surface area contributed by atoms with E-state index in [1.165, 1.54) is 0 Å². The lowest BCUT2D eigenvalue weighted by Crippen LogP contribution is -2.29. The summed E-state index contributed by atoms with van der Waals surface area (Å²) < 4.78 is 11.2. The maximum atomic E-state index is 12.8. The monoisotopic (exact) mass is 412 g/mol. The highest BCUT2D eigenvalue weighted by molar-refractivity contribution is 5.94. The van der Waals surface area contributed by atoms with Crippen LogP contribution in [0.4, 0.5) is 0 Å². The van der Waals surface area contributed by atoms with Gasteiger partial charge in [-0.25, -0.2) is 9.59 Å². The molecule has 154 valence electrons. The third-order valence-corrected chi connectivity index (χ3v) is 4.84. The predicted octanol–water partition coefficient (Wildman–Crippen LogP) is 5.48. The van der Waals surface area contributed by atoms with Gasteiger partial charge in [-0.3, -0.25) is 0 Å². The number of hydrogen-bond acceptors (Lipinski definition) is 4. The van der Waals surface area contributed by atoms with Gasteiger partial charge in [0.2, 0.25) is 6.10 Å². The van der Waals surface area contributed by atoms with Gasteiger partial charge in [0.15, 0.2) is 0 Å². The summed E-state index contributed by atoms with van der Waals surface area (Å²) in [5, 5.41) is 11.7. The van der Waals surface area contributed by atoms with Gasteiger partial charge in [-0.05, 0) is 40.6 Å². The van der Waals surface area contributed by atoms with Crippen molar-refractivity contribution in [1.29, 1.82) is 0 Å². The fourth-order valence-electron chi connectivity index (χ4n) is 3.29. The molecule has 0 heterocycles. The summed E-state index contributed by atoms with van der Waals surface area (Å²) in [6, 6.07) is 29.1. The summed E-state index contributed by atoms with van der Waals surface area (Å²) >= 11 is 0. The SMILES string of the molecule is O=C(O[C@H](Cc1ccc2ccccc2c1)C(=O)O)c1ccccc1Oc1ccccc1. The summed E-state index contributed by atoms with van der Waals surface area (Å²) in [6.45, 7) is 0. The number of para-hydroxylation sites is 2. The summed E-state index contributed by atoms with van der Waals surface area (Å²) in [6.07, 6.45) is -1.26. The number of rotatable bonds is 7. The molecule has 0 saturated carbocycles. The van der Waals surface area contributed by atoms with Crippen LogP contribution >= 0.6 is 0 Å². The molecule has 4 rings (SSSR count). The van der Waals surface area contributed by atoms with E-state index in [2.05, 4.69) is 0 Å². The first-order valence-electron chi connectivity index (χ1n) is 9.83. The molecule has 0 bridgehead atoms. The minimum absolute atomic E-state index is 0.0631. The second-order valence-corrected chi connectivity index (χ2v) is 7.03. The Morgan fingerprint density at radius 3 is 2.23 bits per heavy atom. The van der Waals surface area contributed by atoms with Gasteiger partial charge in [-0.2, -0.15) is 0 Å². The molecule has 4 aromatic rings. The van der Waals surface area contributed by atoms with Gasteiger partial charge in [-0.15, -0.1) is 0 Å². The average Bonchev–Trinajstić information content (AvgIpc) is 2.79. The fraction of sp³-hybridized carbons (Fsp3) is 0.0769. The van der Waals surface area contributed by atoms with E-state index < -0.39 is 18.0 Å². The molecule has 0 aliphatic heterocycles. The fourth-order valence-corrected chi connectivity index (χ4v) is 3.29. The number of carbonyl (C=O) groups is 2. The molecule has 0 spiro atoms. The summed E-state index contributed by atoms with van der Waals surface area (Å²) in [5.41, 5.74) is 0.934. The topological polar surface area (TPSA) is 72.8 Å². The molecule has 0 fully saturated rings. The predicted molar refractivity (Wildman–Crippen MR) is 117 cm³/mol. The van der Waals surface area contributed by atoms with Gasteiger partial charge in [0.1, 0.15) is 17.1 Å². The number of esters is 1. The zero-order valence-corrected chi connectivity index (χ0v) is 16.6. The van der Waals surface area contributed by atoms with Gasteiger partial charge in [0, 0.05) is 6.42 Å². The van der Waals surface area contributed by atoms with Crippen molar-refractivity contribution in [3.05, 3.63) is 108 Å². The van der Waals surface area contributed by atoms with Crippen molar-refractivity contribution < 1.29 is 24.2 Å². The Morgan fingerprint density at radius 2 is 1.45 bits per heavy atom. The second-order valence-electron chi connectivity index (χ2n) is 7.03. The molecule has 0 aliphatic carbocycles. The van der Waals surface area contributed by atoms with Crippen LogP contribution in [0.5, 0.6) is 11.5 Å². The quantitative estimate of drug-likeness (QED) is 0.407. The number of carboxylic acids is 1. The number of ether oxygens (including phenoxy) is 2. The molecule has 0 saturated heterocycles. The van der Waals surface area contributed by atoms with Crippen LogP contribution in [-0.4, -0.2) is 23.1 Å². The molecule has 0 amide bonds. The Bertz CT molecular complexity index is 1220. The minimum Gasteiger partial charge on any atom is -0.478 e. The maximum absolute atomic E-state index is 12.8. The van der Waals surface area contributed by atoms with Crippen LogP contribution in [0, 0.1) is 0 Å². The second kappa shape index (κ2) is 9.13. The third-order valence-electron chi connectivity index (χ3n) is 4.84. The van der Waals surface area contributed by atoms with E-state index in [1.807, 2.05) is 60.7 Å². The number of hydrogen-bond donors (Lipinski definition) is 1. The first-order chi connectivity index (χ1) is 15.1. The molecule has 5 heteroatoms. The van der Waals surface area contributed by atoms with Crippen LogP contribution in [0.3, 0.4) is 0 Å². The first-order valence-corrected chi connectivity index (χ1v) is 9.83. The van der Waals surface area contributed by atoms with E-state index in [0.29, 0.717) is 11.5 Å². The first kappa shape index (κ1) is 20.2. The van der Waals surface area contributed by atoms with Gasteiger partial charge < -0.3 is 14.6 Å². The van der Waals surface area contributed by atoms with E-state index in [0.717, 1.165) is 16.3 Å². The third kappa shape index (κ3) is 4.90. The normalized spacial score (nSPS) is 11.6. The van der Waals surface area contributed by atoms with E-state index in [4.69, 9.17) is 9.47 Å². The zero-order valence-electron chi connectivity index (χ0n) is 16.6.